The summed E-state index contributed by atoms with van der Waals surface area (Å²) in [6, 6.07) is 6.96. The first-order valence-electron chi connectivity index (χ1n) is 7.40. The summed E-state index contributed by atoms with van der Waals surface area (Å²) in [6.45, 7) is 3.05. The van der Waals surface area contributed by atoms with Crippen LogP contribution < -0.4 is 5.32 Å². The van der Waals surface area contributed by atoms with Crippen LogP contribution in [-0.4, -0.2) is 29.8 Å². The minimum absolute atomic E-state index is 0. The van der Waals surface area contributed by atoms with Gasteiger partial charge in [0.25, 0.3) is 0 Å². The van der Waals surface area contributed by atoms with Crippen LogP contribution in [0.1, 0.15) is 42.4 Å². The van der Waals surface area contributed by atoms with Gasteiger partial charge in [0.15, 0.2) is 0 Å². The van der Waals surface area contributed by atoms with Crippen LogP contribution in [0.15, 0.2) is 28.8 Å². The first-order valence-corrected chi connectivity index (χ1v) is 7.40. The van der Waals surface area contributed by atoms with E-state index in [1.54, 1.807) is 24.3 Å². The standard InChI is InChI=1S/C16H19N3O3.ClH/c1-16(9-3-4-10-17-16)15-18-13(19-22-15)11-5-7-12(8-6-11)14(20)21-2;/h5-8,17H,3-4,9-10H2,1-2H3;1H. The van der Waals surface area contributed by atoms with Crippen molar-refractivity contribution in [1.82, 2.24) is 15.5 Å². The molecular formula is C16H20ClN3O3. The molecule has 1 atom stereocenters. The van der Waals surface area contributed by atoms with Crippen LogP contribution in [0.4, 0.5) is 0 Å². The van der Waals surface area contributed by atoms with Gasteiger partial charge < -0.3 is 14.6 Å². The molecule has 124 valence electrons. The zero-order valence-corrected chi connectivity index (χ0v) is 14.0. The van der Waals surface area contributed by atoms with Gasteiger partial charge >= 0.3 is 5.97 Å². The molecule has 1 aromatic carbocycles. The van der Waals surface area contributed by atoms with Gasteiger partial charge in [-0.05, 0) is 44.9 Å². The van der Waals surface area contributed by atoms with Gasteiger partial charge in [-0.25, -0.2) is 4.79 Å². The Kier molecular flexibility index (Phi) is 5.38. The van der Waals surface area contributed by atoms with E-state index in [1.807, 2.05) is 0 Å². The topological polar surface area (TPSA) is 77.2 Å². The molecule has 1 unspecified atom stereocenters. The molecule has 1 fully saturated rings. The summed E-state index contributed by atoms with van der Waals surface area (Å²) in [5.74, 6) is 0.776. The maximum atomic E-state index is 11.4. The summed E-state index contributed by atoms with van der Waals surface area (Å²) >= 11 is 0. The Hall–Kier alpha value is -1.92. The second kappa shape index (κ2) is 7.10. The van der Waals surface area contributed by atoms with Crippen LogP contribution in [0.3, 0.4) is 0 Å². The number of esters is 1. The number of aromatic nitrogens is 2. The zero-order chi connectivity index (χ0) is 15.6. The number of carbonyl (C=O) groups is 1. The van der Waals surface area contributed by atoms with E-state index < -0.39 is 0 Å². The highest BCUT2D eigenvalue weighted by molar-refractivity contribution is 5.89. The summed E-state index contributed by atoms with van der Waals surface area (Å²) in [5, 5.41) is 7.51. The molecule has 1 aliphatic rings. The molecule has 0 amide bonds. The lowest BCUT2D eigenvalue weighted by atomic mass is 9.91. The predicted octanol–water partition coefficient (Wildman–Crippen LogP) is 2.93. The largest absolute Gasteiger partial charge is 0.465 e. The molecule has 3 rings (SSSR count). The third kappa shape index (κ3) is 3.54. The monoisotopic (exact) mass is 337 g/mol. The molecule has 0 saturated carbocycles. The second-order valence-electron chi connectivity index (χ2n) is 5.71. The Labute approximate surface area is 141 Å². The molecule has 23 heavy (non-hydrogen) atoms. The molecule has 1 saturated heterocycles. The molecule has 2 aromatic rings. The summed E-state index contributed by atoms with van der Waals surface area (Å²) in [5.41, 5.74) is 1.05. The normalized spacial score (nSPS) is 20.6. The van der Waals surface area contributed by atoms with E-state index in [1.165, 1.54) is 13.5 Å². The second-order valence-corrected chi connectivity index (χ2v) is 5.71. The van der Waals surface area contributed by atoms with Crippen molar-refractivity contribution >= 4 is 18.4 Å². The Morgan fingerprint density at radius 2 is 2.04 bits per heavy atom. The van der Waals surface area contributed by atoms with E-state index in [-0.39, 0.29) is 23.9 Å². The van der Waals surface area contributed by atoms with Gasteiger partial charge in [0.2, 0.25) is 11.7 Å². The van der Waals surface area contributed by atoms with Gasteiger partial charge in [-0.1, -0.05) is 17.3 Å². The van der Waals surface area contributed by atoms with E-state index in [4.69, 9.17) is 4.52 Å². The fourth-order valence-electron chi connectivity index (χ4n) is 2.68. The number of hydrogen-bond acceptors (Lipinski definition) is 6. The fourth-order valence-corrected chi connectivity index (χ4v) is 2.68. The number of nitrogens with zero attached hydrogens (tertiary/aromatic N) is 2. The van der Waals surface area contributed by atoms with E-state index >= 15 is 0 Å². The molecule has 0 aliphatic carbocycles. The molecule has 2 heterocycles. The molecule has 1 aliphatic heterocycles. The zero-order valence-electron chi connectivity index (χ0n) is 13.2. The minimum Gasteiger partial charge on any atom is -0.465 e. The van der Waals surface area contributed by atoms with Gasteiger partial charge in [0.05, 0.1) is 18.2 Å². The highest BCUT2D eigenvalue weighted by Crippen LogP contribution is 2.30. The number of piperidine rings is 1. The van der Waals surface area contributed by atoms with Gasteiger partial charge in [0, 0.05) is 5.56 Å². The molecule has 1 aromatic heterocycles. The minimum atomic E-state index is -0.362. The molecule has 7 heteroatoms. The highest BCUT2D eigenvalue weighted by atomic mass is 35.5. The van der Waals surface area contributed by atoms with Gasteiger partial charge in [-0.15, -0.1) is 12.4 Å². The van der Waals surface area contributed by atoms with Crippen molar-refractivity contribution < 1.29 is 14.1 Å². The van der Waals surface area contributed by atoms with E-state index in [9.17, 15) is 4.79 Å². The third-order valence-corrected chi connectivity index (χ3v) is 4.08. The van der Waals surface area contributed by atoms with Crippen LogP contribution in [0.5, 0.6) is 0 Å². The first kappa shape index (κ1) is 17.4. The maximum absolute atomic E-state index is 11.4. The van der Waals surface area contributed by atoms with Crippen LogP contribution >= 0.6 is 12.4 Å². The van der Waals surface area contributed by atoms with Gasteiger partial charge in [-0.3, -0.25) is 0 Å². The number of nitrogens with one attached hydrogen (secondary N) is 1. The van der Waals surface area contributed by atoms with Crippen molar-refractivity contribution in [2.45, 2.75) is 31.7 Å². The third-order valence-electron chi connectivity index (χ3n) is 4.08. The van der Waals surface area contributed by atoms with Crippen molar-refractivity contribution in [3.05, 3.63) is 35.7 Å². The SMILES string of the molecule is COC(=O)c1ccc(-c2noc(C3(C)CCCCN3)n2)cc1.Cl. The lowest BCUT2D eigenvalue weighted by Gasteiger charge is -2.31. The average Bonchev–Trinajstić information content (AvgIpc) is 3.06. The van der Waals surface area contributed by atoms with Gasteiger partial charge in [0.1, 0.15) is 0 Å². The van der Waals surface area contributed by atoms with Crippen LogP contribution in [-0.2, 0) is 10.3 Å². The highest BCUT2D eigenvalue weighted by Gasteiger charge is 2.34. The van der Waals surface area contributed by atoms with E-state index in [0.29, 0.717) is 17.3 Å². The molecule has 1 N–H and O–H groups in total. The van der Waals surface area contributed by atoms with E-state index in [2.05, 4.69) is 27.1 Å². The van der Waals surface area contributed by atoms with Gasteiger partial charge in [-0.2, -0.15) is 4.98 Å². The summed E-state index contributed by atoms with van der Waals surface area (Å²) in [6.07, 6.45) is 3.30. The Morgan fingerprint density at radius 3 is 2.65 bits per heavy atom. The molecular weight excluding hydrogens is 318 g/mol. The quantitative estimate of drug-likeness (QED) is 0.868. The Balaban J connectivity index is 0.00000192. The molecule has 0 bridgehead atoms. The molecule has 0 radical (unpaired) electrons. The van der Waals surface area contributed by atoms with E-state index in [0.717, 1.165) is 24.9 Å². The molecule has 6 nitrogen and oxygen atoms in total. The number of carbonyl (C=O) groups excluding carboxylic acids is 1. The predicted molar refractivity (Wildman–Crippen MR) is 87.5 cm³/mol. The number of rotatable bonds is 3. The fraction of sp³-hybridized carbons (Fsp3) is 0.438. The smallest absolute Gasteiger partial charge is 0.337 e. The van der Waals surface area contributed by atoms with Crippen molar-refractivity contribution in [3.8, 4) is 11.4 Å². The van der Waals surface area contributed by atoms with Crippen LogP contribution in [0, 0.1) is 0 Å². The van der Waals surface area contributed by atoms with Crippen molar-refractivity contribution in [2.24, 2.45) is 0 Å². The number of ether oxygens (including phenoxy) is 1. The maximum Gasteiger partial charge on any atom is 0.337 e. The molecule has 0 spiro atoms. The van der Waals surface area contributed by atoms with Crippen molar-refractivity contribution in [1.29, 1.82) is 0 Å². The lowest BCUT2D eigenvalue weighted by molar-refractivity contribution is 0.0601. The van der Waals surface area contributed by atoms with Crippen LogP contribution in [0.25, 0.3) is 11.4 Å². The lowest BCUT2D eigenvalue weighted by Crippen LogP contribution is -2.43. The summed E-state index contributed by atoms with van der Waals surface area (Å²) in [7, 11) is 1.36. The Bertz CT molecular complexity index is 663. The van der Waals surface area contributed by atoms with Crippen LogP contribution in [0.2, 0.25) is 0 Å². The first-order chi connectivity index (χ1) is 10.6. The Morgan fingerprint density at radius 1 is 1.30 bits per heavy atom. The van der Waals surface area contributed by atoms with Crippen molar-refractivity contribution in [3.63, 3.8) is 0 Å². The number of hydrogen-bond donors (Lipinski definition) is 1. The summed E-state index contributed by atoms with van der Waals surface area (Å²) < 4.78 is 10.1. The number of methoxy groups -OCH3 is 1. The number of halogens is 1. The number of benzene rings is 1. The van der Waals surface area contributed by atoms with Crippen molar-refractivity contribution in [2.75, 3.05) is 13.7 Å². The average molecular weight is 338 g/mol. The summed E-state index contributed by atoms with van der Waals surface area (Å²) in [4.78, 5) is 15.9.